The minimum atomic E-state index is -0.297. The van der Waals surface area contributed by atoms with Gasteiger partial charge in [-0.15, -0.1) is 0 Å². The lowest BCUT2D eigenvalue weighted by atomic mass is 10.0. The molecule has 2 aromatic rings. The van der Waals surface area contributed by atoms with Crippen LogP contribution in [0.15, 0.2) is 66.7 Å². The normalized spacial score (nSPS) is 20.8. The zero-order valence-electron chi connectivity index (χ0n) is 13.8. The lowest BCUT2D eigenvalue weighted by Gasteiger charge is -2.23. The zero-order valence-corrected chi connectivity index (χ0v) is 13.8. The monoisotopic (exact) mass is 320 g/mol. The Labute approximate surface area is 142 Å². The van der Waals surface area contributed by atoms with E-state index in [1.165, 1.54) is 11.0 Å². The fraction of sp³-hybridized carbons (Fsp3) is 0.200. The van der Waals surface area contributed by atoms with E-state index in [9.17, 15) is 9.59 Å². The molecule has 2 atom stereocenters. The van der Waals surface area contributed by atoms with E-state index in [2.05, 4.69) is 0 Å². The molecule has 0 saturated carbocycles. The molecule has 3 rings (SSSR count). The Morgan fingerprint density at radius 3 is 2.21 bits per heavy atom. The van der Waals surface area contributed by atoms with Crippen LogP contribution in [0.1, 0.15) is 24.1 Å². The summed E-state index contributed by atoms with van der Waals surface area (Å²) in [6.07, 6.45) is 3.20. The number of benzene rings is 2. The molecule has 0 unspecified atom stereocenters. The number of amides is 3. The number of hydrogen-bond donors (Lipinski definition) is 0. The van der Waals surface area contributed by atoms with Crippen LogP contribution in [0.3, 0.4) is 0 Å². The average molecular weight is 320 g/mol. The highest BCUT2D eigenvalue weighted by Crippen LogP contribution is 2.34. The second kappa shape index (κ2) is 6.71. The molecule has 1 fully saturated rings. The fourth-order valence-corrected chi connectivity index (χ4v) is 3.01. The maximum Gasteiger partial charge on any atom is 0.327 e. The Balaban J connectivity index is 1.90. The van der Waals surface area contributed by atoms with Crippen molar-refractivity contribution >= 4 is 18.0 Å². The first-order valence-electron chi connectivity index (χ1n) is 7.97. The van der Waals surface area contributed by atoms with Gasteiger partial charge in [-0.05, 0) is 24.1 Å². The molecule has 2 aromatic carbocycles. The highest BCUT2D eigenvalue weighted by molar-refractivity contribution is 6.04. The number of rotatable bonds is 3. The summed E-state index contributed by atoms with van der Waals surface area (Å²) in [5, 5.41) is 0. The molecule has 0 N–H and O–H groups in total. The third-order valence-corrected chi connectivity index (χ3v) is 4.45. The van der Waals surface area contributed by atoms with Crippen molar-refractivity contribution < 1.29 is 9.59 Å². The molecule has 4 heteroatoms. The van der Waals surface area contributed by atoms with E-state index in [1.807, 2.05) is 67.6 Å². The van der Waals surface area contributed by atoms with Gasteiger partial charge in [0.05, 0.1) is 12.1 Å². The summed E-state index contributed by atoms with van der Waals surface area (Å²) < 4.78 is 0. The maximum absolute atomic E-state index is 12.7. The van der Waals surface area contributed by atoms with E-state index in [4.69, 9.17) is 0 Å². The van der Waals surface area contributed by atoms with Crippen molar-refractivity contribution in [2.45, 2.75) is 19.0 Å². The molecule has 0 aromatic heterocycles. The summed E-state index contributed by atoms with van der Waals surface area (Å²) >= 11 is 0. The molecular formula is C20H20N2O2. The van der Waals surface area contributed by atoms with Crippen molar-refractivity contribution in [3.05, 3.63) is 77.9 Å². The molecule has 24 heavy (non-hydrogen) atoms. The van der Waals surface area contributed by atoms with E-state index in [0.29, 0.717) is 0 Å². The van der Waals surface area contributed by atoms with Crippen LogP contribution in [-0.4, -0.2) is 34.8 Å². The third-order valence-electron chi connectivity index (χ3n) is 4.45. The van der Waals surface area contributed by atoms with Crippen LogP contribution in [0.5, 0.6) is 0 Å². The predicted octanol–water partition coefficient (Wildman–Crippen LogP) is 3.72. The number of carbonyl (C=O) groups excluding carboxylic acids is 2. The van der Waals surface area contributed by atoms with Crippen LogP contribution >= 0.6 is 0 Å². The molecule has 1 aliphatic heterocycles. The van der Waals surface area contributed by atoms with Gasteiger partial charge in [0.15, 0.2) is 0 Å². The van der Waals surface area contributed by atoms with Crippen molar-refractivity contribution in [1.82, 2.24) is 9.80 Å². The zero-order chi connectivity index (χ0) is 17.1. The summed E-state index contributed by atoms with van der Waals surface area (Å²) in [5.41, 5.74) is 1.89. The third kappa shape index (κ3) is 2.95. The lowest BCUT2D eigenvalue weighted by Crippen LogP contribution is -2.35. The Bertz CT molecular complexity index is 756. The van der Waals surface area contributed by atoms with Crippen molar-refractivity contribution in [2.24, 2.45) is 0 Å². The highest BCUT2D eigenvalue weighted by Gasteiger charge is 2.44. The number of urea groups is 1. The summed E-state index contributed by atoms with van der Waals surface area (Å²) in [6.45, 7) is 1.96. The predicted molar refractivity (Wildman–Crippen MR) is 94.1 cm³/mol. The number of nitrogens with zero attached hydrogens (tertiary/aromatic N) is 2. The van der Waals surface area contributed by atoms with Gasteiger partial charge in [0, 0.05) is 13.1 Å². The number of hydrogen-bond acceptors (Lipinski definition) is 2. The first-order valence-corrected chi connectivity index (χ1v) is 7.97. The smallest absolute Gasteiger partial charge is 0.322 e. The topological polar surface area (TPSA) is 40.6 Å². The Kier molecular flexibility index (Phi) is 4.47. The van der Waals surface area contributed by atoms with Gasteiger partial charge in [-0.25, -0.2) is 4.79 Å². The highest BCUT2D eigenvalue weighted by atomic mass is 16.2. The Hall–Kier alpha value is -2.88. The van der Waals surface area contributed by atoms with Crippen LogP contribution in [0.25, 0.3) is 6.08 Å². The molecule has 0 aliphatic carbocycles. The molecule has 0 spiro atoms. The minimum absolute atomic E-state index is 0.0750. The van der Waals surface area contributed by atoms with Gasteiger partial charge >= 0.3 is 6.03 Å². The van der Waals surface area contributed by atoms with Crippen LogP contribution in [0.4, 0.5) is 4.79 Å². The molecule has 0 bridgehead atoms. The van der Waals surface area contributed by atoms with Gasteiger partial charge < -0.3 is 4.90 Å². The standard InChI is InChI=1S/C20H20N2O2/c1-15-19(17-11-7-4-8-12-17)22(20(24)21(15)2)18(23)14-13-16-9-5-3-6-10-16/h3-15,19H,1-2H3/b14-13+/t15-,19-/m0/s1. The molecular weight excluding hydrogens is 300 g/mol. The number of imide groups is 1. The molecule has 1 heterocycles. The molecule has 0 radical (unpaired) electrons. The number of carbonyl (C=O) groups is 2. The van der Waals surface area contributed by atoms with Crippen molar-refractivity contribution in [3.8, 4) is 0 Å². The SMILES string of the molecule is C[C@H]1[C@@H](c2ccccc2)N(C(=O)/C=C/c2ccccc2)C(=O)N1C. The van der Waals surface area contributed by atoms with Gasteiger partial charge in [-0.3, -0.25) is 9.69 Å². The van der Waals surface area contributed by atoms with Crippen LogP contribution in [-0.2, 0) is 4.79 Å². The molecule has 1 aliphatic rings. The van der Waals surface area contributed by atoms with Gasteiger partial charge in [0.2, 0.25) is 0 Å². The molecule has 3 amide bonds. The van der Waals surface area contributed by atoms with Crippen molar-refractivity contribution in [2.75, 3.05) is 7.05 Å². The fourth-order valence-electron chi connectivity index (χ4n) is 3.01. The summed E-state index contributed by atoms with van der Waals surface area (Å²) in [4.78, 5) is 28.2. The molecule has 122 valence electrons. The summed E-state index contributed by atoms with van der Waals surface area (Å²) in [7, 11) is 1.73. The maximum atomic E-state index is 12.7. The molecule has 4 nitrogen and oxygen atoms in total. The van der Waals surface area contributed by atoms with Crippen LogP contribution in [0, 0.1) is 0 Å². The van der Waals surface area contributed by atoms with Gasteiger partial charge in [0.1, 0.15) is 0 Å². The average Bonchev–Trinajstić information content (AvgIpc) is 2.85. The van der Waals surface area contributed by atoms with E-state index in [1.54, 1.807) is 18.0 Å². The first-order chi connectivity index (χ1) is 11.6. The van der Waals surface area contributed by atoms with Crippen LogP contribution in [0.2, 0.25) is 0 Å². The lowest BCUT2D eigenvalue weighted by molar-refractivity contribution is -0.124. The minimum Gasteiger partial charge on any atom is -0.322 e. The van der Waals surface area contributed by atoms with E-state index < -0.39 is 0 Å². The summed E-state index contributed by atoms with van der Waals surface area (Å²) in [5.74, 6) is -0.297. The van der Waals surface area contributed by atoms with Crippen molar-refractivity contribution in [3.63, 3.8) is 0 Å². The van der Waals surface area contributed by atoms with Gasteiger partial charge in [0.25, 0.3) is 5.91 Å². The van der Waals surface area contributed by atoms with Gasteiger partial charge in [-0.2, -0.15) is 0 Å². The van der Waals surface area contributed by atoms with E-state index >= 15 is 0 Å². The van der Waals surface area contributed by atoms with Crippen LogP contribution < -0.4 is 0 Å². The van der Waals surface area contributed by atoms with Gasteiger partial charge in [-0.1, -0.05) is 60.7 Å². The Morgan fingerprint density at radius 2 is 1.58 bits per heavy atom. The van der Waals surface area contributed by atoms with Crippen molar-refractivity contribution in [1.29, 1.82) is 0 Å². The Morgan fingerprint density at radius 1 is 1.00 bits per heavy atom. The molecule has 1 saturated heterocycles. The second-order valence-corrected chi connectivity index (χ2v) is 5.94. The number of likely N-dealkylation sites (N-methyl/N-ethyl adjacent to an activating group) is 1. The van der Waals surface area contributed by atoms with E-state index in [0.717, 1.165) is 11.1 Å². The quantitative estimate of drug-likeness (QED) is 0.809. The second-order valence-electron chi connectivity index (χ2n) is 5.94. The summed E-state index contributed by atoms with van der Waals surface area (Å²) in [6, 6.07) is 18.6. The largest absolute Gasteiger partial charge is 0.327 e. The van der Waals surface area contributed by atoms with E-state index in [-0.39, 0.29) is 24.0 Å². The first kappa shape index (κ1) is 16.0.